The Hall–Kier alpha value is -2.53. The summed E-state index contributed by atoms with van der Waals surface area (Å²) in [6, 6.07) is 16.8. The van der Waals surface area contributed by atoms with Gasteiger partial charge in [0.25, 0.3) is 0 Å². The largest absolute Gasteiger partial charge is 0.257 e. The van der Waals surface area contributed by atoms with E-state index in [0.29, 0.717) is 0 Å². The van der Waals surface area contributed by atoms with Gasteiger partial charge in [-0.25, -0.2) is 8.78 Å². The van der Waals surface area contributed by atoms with Crippen LogP contribution in [0.3, 0.4) is 0 Å². The first kappa shape index (κ1) is 15.0. The summed E-state index contributed by atoms with van der Waals surface area (Å²) in [5, 5.41) is 8.66. The molecule has 3 aromatic rings. The minimum atomic E-state index is -0.279. The van der Waals surface area contributed by atoms with E-state index in [9.17, 15) is 8.78 Å². The molecule has 0 radical (unpaired) electrons. The maximum absolute atomic E-state index is 13.3. The van der Waals surface area contributed by atoms with Crippen LogP contribution in [0.4, 0.5) is 14.5 Å². The van der Waals surface area contributed by atoms with Crippen molar-refractivity contribution in [2.24, 2.45) is 5.10 Å². The molecule has 0 aliphatic carbocycles. The van der Waals surface area contributed by atoms with E-state index >= 15 is 0 Å². The summed E-state index contributed by atoms with van der Waals surface area (Å²) in [4.78, 5) is 1.12. The molecule has 1 aliphatic heterocycles. The van der Waals surface area contributed by atoms with Crippen molar-refractivity contribution in [3.05, 3.63) is 88.1 Å². The van der Waals surface area contributed by atoms with Crippen LogP contribution < -0.4 is 5.01 Å². The first-order valence-corrected chi connectivity index (χ1v) is 8.50. The first-order valence-electron chi connectivity index (χ1n) is 7.62. The molecule has 0 amide bonds. The Morgan fingerprint density at radius 2 is 1.58 bits per heavy atom. The minimum absolute atomic E-state index is 0.0341. The average molecular weight is 340 g/mol. The standard InChI is InChI=1S/C19H14F2N2S/c20-14-5-3-13(4-6-14)18-12-17(19-2-1-11-24-19)22-23(18)16-9-7-15(21)8-10-16/h1-11,18H,12H2. The van der Waals surface area contributed by atoms with Gasteiger partial charge < -0.3 is 0 Å². The molecule has 2 heterocycles. The normalized spacial score (nSPS) is 17.2. The summed E-state index contributed by atoms with van der Waals surface area (Å²) in [7, 11) is 0. The van der Waals surface area contributed by atoms with E-state index in [-0.39, 0.29) is 17.7 Å². The lowest BCUT2D eigenvalue weighted by Gasteiger charge is -2.24. The Bertz CT molecular complexity index is 855. The molecule has 5 heteroatoms. The molecular formula is C19H14F2N2S. The molecular weight excluding hydrogens is 326 g/mol. The van der Waals surface area contributed by atoms with Crippen LogP contribution in [-0.4, -0.2) is 5.71 Å². The number of rotatable bonds is 3. The van der Waals surface area contributed by atoms with Gasteiger partial charge in [-0.15, -0.1) is 11.3 Å². The number of halogens is 2. The lowest BCUT2D eigenvalue weighted by molar-refractivity contribution is 0.622. The number of anilines is 1. The summed E-state index contributed by atoms with van der Waals surface area (Å²) in [6.45, 7) is 0. The van der Waals surface area contributed by atoms with E-state index in [0.717, 1.165) is 28.3 Å². The second-order valence-electron chi connectivity index (χ2n) is 5.62. The fraction of sp³-hybridized carbons (Fsp3) is 0.105. The predicted octanol–water partition coefficient (Wildman–Crippen LogP) is 5.38. The molecule has 120 valence electrons. The molecule has 0 bridgehead atoms. The van der Waals surface area contributed by atoms with Crippen molar-refractivity contribution < 1.29 is 8.78 Å². The summed E-state index contributed by atoms with van der Waals surface area (Å²) >= 11 is 1.64. The smallest absolute Gasteiger partial charge is 0.123 e. The van der Waals surface area contributed by atoms with Gasteiger partial charge in [-0.05, 0) is 53.4 Å². The molecule has 1 atom stereocenters. The zero-order chi connectivity index (χ0) is 16.5. The highest BCUT2D eigenvalue weighted by Crippen LogP contribution is 2.37. The van der Waals surface area contributed by atoms with Crippen LogP contribution >= 0.6 is 11.3 Å². The van der Waals surface area contributed by atoms with Gasteiger partial charge in [0.05, 0.1) is 22.3 Å². The minimum Gasteiger partial charge on any atom is -0.257 e. The summed E-state index contributed by atoms with van der Waals surface area (Å²) < 4.78 is 26.5. The molecule has 1 aliphatic rings. The zero-order valence-corrected chi connectivity index (χ0v) is 13.5. The molecule has 24 heavy (non-hydrogen) atoms. The van der Waals surface area contributed by atoms with Gasteiger partial charge >= 0.3 is 0 Å². The van der Waals surface area contributed by atoms with Gasteiger partial charge in [0.2, 0.25) is 0 Å². The first-order chi connectivity index (χ1) is 11.7. The Kier molecular flexibility index (Phi) is 3.86. The summed E-state index contributed by atoms with van der Waals surface area (Å²) in [5.41, 5.74) is 2.79. The molecule has 0 saturated carbocycles. The number of benzene rings is 2. The molecule has 2 nitrogen and oxygen atoms in total. The lowest BCUT2D eigenvalue weighted by Crippen LogP contribution is -2.18. The van der Waals surface area contributed by atoms with Crippen LogP contribution in [0, 0.1) is 11.6 Å². The van der Waals surface area contributed by atoms with Crippen LogP contribution in [-0.2, 0) is 0 Å². The van der Waals surface area contributed by atoms with E-state index in [1.807, 2.05) is 22.5 Å². The fourth-order valence-corrected chi connectivity index (χ4v) is 3.60. The third kappa shape index (κ3) is 2.83. The van der Waals surface area contributed by atoms with Crippen LogP contribution in [0.2, 0.25) is 0 Å². The highest BCUT2D eigenvalue weighted by molar-refractivity contribution is 7.12. The van der Waals surface area contributed by atoms with Gasteiger partial charge in [-0.1, -0.05) is 18.2 Å². The SMILES string of the molecule is Fc1ccc(C2CC(c3cccs3)=NN2c2ccc(F)cc2)cc1. The van der Waals surface area contributed by atoms with Crippen molar-refractivity contribution in [2.45, 2.75) is 12.5 Å². The number of thiophene rings is 1. The van der Waals surface area contributed by atoms with Crippen molar-refractivity contribution in [2.75, 3.05) is 5.01 Å². The maximum atomic E-state index is 13.3. The Labute approximate surface area is 142 Å². The highest BCUT2D eigenvalue weighted by atomic mass is 32.1. The van der Waals surface area contributed by atoms with Crippen molar-refractivity contribution >= 4 is 22.7 Å². The zero-order valence-electron chi connectivity index (χ0n) is 12.7. The van der Waals surface area contributed by atoms with Crippen LogP contribution in [0.25, 0.3) is 0 Å². The van der Waals surface area contributed by atoms with Gasteiger partial charge in [0.1, 0.15) is 11.6 Å². The summed E-state index contributed by atoms with van der Waals surface area (Å²) in [5.74, 6) is -0.539. The van der Waals surface area contributed by atoms with Gasteiger partial charge in [0, 0.05) is 6.42 Å². The fourth-order valence-electron chi connectivity index (χ4n) is 2.88. The number of hydrogen-bond acceptors (Lipinski definition) is 3. The molecule has 0 spiro atoms. The van der Waals surface area contributed by atoms with E-state index in [2.05, 4.69) is 0 Å². The molecule has 4 rings (SSSR count). The Morgan fingerprint density at radius 3 is 2.21 bits per heavy atom. The lowest BCUT2D eigenvalue weighted by atomic mass is 10.0. The van der Waals surface area contributed by atoms with Crippen LogP contribution in [0.5, 0.6) is 0 Å². The predicted molar refractivity (Wildman–Crippen MR) is 93.5 cm³/mol. The topological polar surface area (TPSA) is 15.6 Å². The Morgan fingerprint density at radius 1 is 0.917 bits per heavy atom. The van der Waals surface area contributed by atoms with Crippen molar-refractivity contribution in [1.82, 2.24) is 0 Å². The van der Waals surface area contributed by atoms with Gasteiger partial charge in [-0.3, -0.25) is 5.01 Å². The molecule has 0 saturated heterocycles. The molecule has 1 aromatic heterocycles. The quantitative estimate of drug-likeness (QED) is 0.625. The molecule has 1 unspecified atom stereocenters. The van der Waals surface area contributed by atoms with Crippen LogP contribution in [0.15, 0.2) is 71.1 Å². The van der Waals surface area contributed by atoms with Gasteiger partial charge in [0.15, 0.2) is 0 Å². The van der Waals surface area contributed by atoms with Crippen molar-refractivity contribution in [3.63, 3.8) is 0 Å². The van der Waals surface area contributed by atoms with E-state index in [4.69, 9.17) is 5.10 Å². The number of hydrazone groups is 1. The highest BCUT2D eigenvalue weighted by Gasteiger charge is 2.30. The maximum Gasteiger partial charge on any atom is 0.123 e. The molecule has 0 N–H and O–H groups in total. The second kappa shape index (κ2) is 6.17. The average Bonchev–Trinajstić information content (AvgIpc) is 3.26. The molecule has 2 aromatic carbocycles. The summed E-state index contributed by atoms with van der Waals surface area (Å²) in [6.07, 6.45) is 0.726. The second-order valence-corrected chi connectivity index (χ2v) is 6.56. The van der Waals surface area contributed by atoms with Crippen molar-refractivity contribution in [3.8, 4) is 0 Å². The van der Waals surface area contributed by atoms with Crippen molar-refractivity contribution in [1.29, 1.82) is 0 Å². The Balaban J connectivity index is 1.74. The number of nitrogens with zero attached hydrogens (tertiary/aromatic N) is 2. The molecule has 0 fully saturated rings. The van der Waals surface area contributed by atoms with E-state index < -0.39 is 0 Å². The van der Waals surface area contributed by atoms with E-state index in [1.165, 1.54) is 24.3 Å². The van der Waals surface area contributed by atoms with E-state index in [1.54, 1.807) is 35.6 Å². The third-order valence-corrected chi connectivity index (χ3v) is 4.98. The van der Waals surface area contributed by atoms with Crippen LogP contribution in [0.1, 0.15) is 22.9 Å². The monoisotopic (exact) mass is 340 g/mol. The number of hydrogen-bond donors (Lipinski definition) is 0. The third-order valence-electron chi connectivity index (χ3n) is 4.06. The van der Waals surface area contributed by atoms with Gasteiger partial charge in [-0.2, -0.15) is 5.10 Å².